The minimum absolute atomic E-state index is 0.123. The first kappa shape index (κ1) is 14.8. The molecule has 0 amide bonds. The first-order chi connectivity index (χ1) is 9.15. The summed E-state index contributed by atoms with van der Waals surface area (Å²) in [4.78, 5) is 2.27. The van der Waals surface area contributed by atoms with E-state index >= 15 is 0 Å². The highest BCUT2D eigenvalue weighted by Gasteiger charge is 2.26. The number of benzene rings is 1. The Labute approximate surface area is 121 Å². The molecule has 0 aliphatic carbocycles. The van der Waals surface area contributed by atoms with Crippen LogP contribution in [0.1, 0.15) is 12.8 Å². The van der Waals surface area contributed by atoms with Crippen molar-refractivity contribution in [1.29, 1.82) is 0 Å². The predicted molar refractivity (Wildman–Crippen MR) is 76.8 cm³/mol. The number of nitrogens with zero attached hydrogens (tertiary/aromatic N) is 1. The van der Waals surface area contributed by atoms with Gasteiger partial charge in [-0.25, -0.2) is 4.39 Å². The molecule has 0 spiro atoms. The largest absolute Gasteiger partial charge is 0.371 e. The van der Waals surface area contributed by atoms with E-state index in [0.29, 0.717) is 10.4 Å². The minimum Gasteiger partial charge on any atom is -0.371 e. The smallest absolute Gasteiger partial charge is 0.159 e. The van der Waals surface area contributed by atoms with E-state index in [9.17, 15) is 4.39 Å². The lowest BCUT2D eigenvalue weighted by molar-refractivity contribution is -0.141. The van der Waals surface area contributed by atoms with Crippen molar-refractivity contribution in [3.63, 3.8) is 0 Å². The SMILES string of the molecule is COC(OC)C1CCN(c2ccc(F)c(Br)c2)CC1. The number of anilines is 1. The summed E-state index contributed by atoms with van der Waals surface area (Å²) in [5.74, 6) is 0.201. The quantitative estimate of drug-likeness (QED) is 0.789. The molecule has 19 heavy (non-hydrogen) atoms. The fourth-order valence-electron chi connectivity index (χ4n) is 2.59. The zero-order valence-electron chi connectivity index (χ0n) is 11.2. The number of piperidine rings is 1. The number of hydrogen-bond acceptors (Lipinski definition) is 3. The molecule has 1 heterocycles. The summed E-state index contributed by atoms with van der Waals surface area (Å²) in [6.07, 6.45) is 1.91. The third-order valence-electron chi connectivity index (χ3n) is 3.66. The molecule has 0 bridgehead atoms. The summed E-state index contributed by atoms with van der Waals surface area (Å²) >= 11 is 3.23. The van der Waals surface area contributed by atoms with Crippen LogP contribution in [0.5, 0.6) is 0 Å². The van der Waals surface area contributed by atoms with E-state index in [1.807, 2.05) is 12.1 Å². The molecule has 1 aromatic rings. The van der Waals surface area contributed by atoms with Gasteiger partial charge in [0.1, 0.15) is 5.82 Å². The second-order valence-electron chi connectivity index (χ2n) is 4.76. The van der Waals surface area contributed by atoms with Crippen LogP contribution >= 0.6 is 15.9 Å². The summed E-state index contributed by atoms with van der Waals surface area (Å²) in [5, 5.41) is 0. The average Bonchev–Trinajstić information content (AvgIpc) is 2.44. The number of hydrogen-bond donors (Lipinski definition) is 0. The van der Waals surface area contributed by atoms with Gasteiger partial charge in [0.2, 0.25) is 0 Å². The van der Waals surface area contributed by atoms with Gasteiger partial charge in [0.25, 0.3) is 0 Å². The van der Waals surface area contributed by atoms with Gasteiger partial charge in [-0.1, -0.05) is 0 Å². The summed E-state index contributed by atoms with van der Waals surface area (Å²) in [6.45, 7) is 1.87. The molecule has 2 rings (SSSR count). The Hall–Kier alpha value is -0.650. The molecule has 106 valence electrons. The molecule has 1 aromatic carbocycles. The van der Waals surface area contributed by atoms with E-state index in [1.165, 1.54) is 6.07 Å². The molecule has 1 saturated heterocycles. The molecule has 1 fully saturated rings. The van der Waals surface area contributed by atoms with Gasteiger partial charge in [-0.3, -0.25) is 0 Å². The van der Waals surface area contributed by atoms with Gasteiger partial charge in [-0.05, 0) is 47.0 Å². The van der Waals surface area contributed by atoms with Crippen molar-refractivity contribution in [2.75, 3.05) is 32.2 Å². The van der Waals surface area contributed by atoms with Gasteiger partial charge in [0, 0.05) is 38.9 Å². The van der Waals surface area contributed by atoms with Crippen molar-refractivity contribution in [2.45, 2.75) is 19.1 Å². The monoisotopic (exact) mass is 331 g/mol. The molecule has 0 unspecified atom stereocenters. The Morgan fingerprint density at radius 3 is 2.42 bits per heavy atom. The lowest BCUT2D eigenvalue weighted by Gasteiger charge is -2.36. The summed E-state index contributed by atoms with van der Waals surface area (Å²) in [5.41, 5.74) is 1.05. The maximum Gasteiger partial charge on any atom is 0.159 e. The fraction of sp³-hybridized carbons (Fsp3) is 0.571. The second kappa shape index (κ2) is 6.68. The highest BCUT2D eigenvalue weighted by atomic mass is 79.9. The van der Waals surface area contributed by atoms with Gasteiger partial charge >= 0.3 is 0 Å². The van der Waals surface area contributed by atoms with Crippen molar-refractivity contribution < 1.29 is 13.9 Å². The third kappa shape index (κ3) is 3.46. The van der Waals surface area contributed by atoms with Crippen molar-refractivity contribution in [2.24, 2.45) is 5.92 Å². The minimum atomic E-state index is -0.225. The molecular weight excluding hydrogens is 313 g/mol. The molecule has 0 radical (unpaired) electrons. The first-order valence-corrected chi connectivity index (χ1v) is 7.20. The highest BCUT2D eigenvalue weighted by Crippen LogP contribution is 2.29. The van der Waals surface area contributed by atoms with Crippen molar-refractivity contribution in [3.05, 3.63) is 28.5 Å². The summed E-state index contributed by atoms with van der Waals surface area (Å²) in [6, 6.07) is 5.16. The van der Waals surface area contributed by atoms with Crippen LogP contribution in [-0.2, 0) is 9.47 Å². The maximum absolute atomic E-state index is 13.2. The Bertz CT molecular complexity index is 418. The summed E-state index contributed by atoms with van der Waals surface area (Å²) < 4.78 is 24.4. The molecule has 0 atom stereocenters. The van der Waals surface area contributed by atoms with E-state index in [4.69, 9.17) is 9.47 Å². The zero-order valence-corrected chi connectivity index (χ0v) is 12.8. The summed E-state index contributed by atoms with van der Waals surface area (Å²) in [7, 11) is 3.36. The molecular formula is C14H19BrFNO2. The molecule has 0 N–H and O–H groups in total. The van der Waals surface area contributed by atoms with Crippen LogP contribution in [0, 0.1) is 11.7 Å². The van der Waals surface area contributed by atoms with Gasteiger partial charge in [-0.15, -0.1) is 0 Å². The Morgan fingerprint density at radius 1 is 1.26 bits per heavy atom. The normalized spacial score (nSPS) is 17.2. The number of ether oxygens (including phenoxy) is 2. The molecule has 3 nitrogen and oxygen atoms in total. The highest BCUT2D eigenvalue weighted by molar-refractivity contribution is 9.10. The van der Waals surface area contributed by atoms with Crippen LogP contribution in [0.3, 0.4) is 0 Å². The average molecular weight is 332 g/mol. The van der Waals surface area contributed by atoms with Crippen molar-refractivity contribution in [1.82, 2.24) is 0 Å². The van der Waals surface area contributed by atoms with Crippen molar-refractivity contribution >= 4 is 21.6 Å². The van der Waals surface area contributed by atoms with Gasteiger partial charge in [0.15, 0.2) is 6.29 Å². The fourth-order valence-corrected chi connectivity index (χ4v) is 2.96. The third-order valence-corrected chi connectivity index (χ3v) is 4.27. The Balaban J connectivity index is 1.97. The molecule has 1 aliphatic heterocycles. The predicted octanol–water partition coefficient (Wildman–Crippen LogP) is 3.42. The van der Waals surface area contributed by atoms with Crippen LogP contribution in [0.25, 0.3) is 0 Å². The van der Waals surface area contributed by atoms with E-state index in [1.54, 1.807) is 14.2 Å². The van der Waals surface area contributed by atoms with Crippen LogP contribution in [0.4, 0.5) is 10.1 Å². The number of halogens is 2. The molecule has 1 aliphatic rings. The zero-order chi connectivity index (χ0) is 13.8. The molecule has 5 heteroatoms. The molecule has 0 aromatic heterocycles. The van der Waals surface area contributed by atoms with E-state index in [0.717, 1.165) is 31.6 Å². The molecule has 0 saturated carbocycles. The van der Waals surface area contributed by atoms with Crippen molar-refractivity contribution in [3.8, 4) is 0 Å². The van der Waals surface area contributed by atoms with Gasteiger partial charge in [-0.2, -0.15) is 0 Å². The van der Waals surface area contributed by atoms with Crippen LogP contribution < -0.4 is 4.90 Å². The number of rotatable bonds is 4. The Morgan fingerprint density at radius 2 is 1.89 bits per heavy atom. The van der Waals surface area contributed by atoms with Gasteiger partial charge in [0.05, 0.1) is 4.47 Å². The van der Waals surface area contributed by atoms with E-state index in [2.05, 4.69) is 20.8 Å². The maximum atomic E-state index is 13.2. The standard InChI is InChI=1S/C14H19BrFNO2/c1-18-14(19-2)10-5-7-17(8-6-10)11-3-4-13(16)12(15)9-11/h3-4,9-10,14H,5-8H2,1-2H3. The second-order valence-corrected chi connectivity index (χ2v) is 5.62. The van der Waals surface area contributed by atoms with E-state index in [-0.39, 0.29) is 12.1 Å². The Kier molecular flexibility index (Phi) is 5.19. The number of methoxy groups -OCH3 is 2. The van der Waals surface area contributed by atoms with E-state index < -0.39 is 0 Å². The van der Waals surface area contributed by atoms with Crippen LogP contribution in [0.2, 0.25) is 0 Å². The lowest BCUT2D eigenvalue weighted by atomic mass is 9.95. The van der Waals surface area contributed by atoms with Crippen LogP contribution in [-0.4, -0.2) is 33.6 Å². The lowest BCUT2D eigenvalue weighted by Crippen LogP contribution is -2.39. The first-order valence-electron chi connectivity index (χ1n) is 6.41. The van der Waals surface area contributed by atoms with Crippen LogP contribution in [0.15, 0.2) is 22.7 Å². The van der Waals surface area contributed by atoms with Gasteiger partial charge < -0.3 is 14.4 Å². The topological polar surface area (TPSA) is 21.7 Å².